The molecular formula is C15H23N3. The fourth-order valence-electron chi connectivity index (χ4n) is 3.89. The van der Waals surface area contributed by atoms with E-state index in [1.165, 1.54) is 25.7 Å². The molecule has 1 aromatic rings. The maximum atomic E-state index is 5.80. The Bertz CT molecular complexity index is 443. The van der Waals surface area contributed by atoms with Crippen LogP contribution in [0, 0.1) is 24.7 Å². The zero-order valence-corrected chi connectivity index (χ0v) is 11.3. The molecule has 0 amide bonds. The van der Waals surface area contributed by atoms with E-state index in [0.717, 1.165) is 34.8 Å². The van der Waals surface area contributed by atoms with Crippen molar-refractivity contribution in [3.05, 3.63) is 17.8 Å². The Labute approximate surface area is 109 Å². The molecule has 1 aromatic heterocycles. The summed E-state index contributed by atoms with van der Waals surface area (Å²) in [5.74, 6) is 3.76. The molecule has 2 fully saturated rings. The van der Waals surface area contributed by atoms with Crippen LogP contribution >= 0.6 is 0 Å². The molecule has 4 unspecified atom stereocenters. The number of nitrogen functional groups attached to an aromatic ring is 1. The quantitative estimate of drug-likeness (QED) is 0.859. The van der Waals surface area contributed by atoms with Crippen LogP contribution < -0.4 is 11.1 Å². The Morgan fingerprint density at radius 1 is 1.39 bits per heavy atom. The average Bonchev–Trinajstić information content (AvgIpc) is 2.96. The van der Waals surface area contributed by atoms with E-state index in [9.17, 15) is 0 Å². The van der Waals surface area contributed by atoms with Gasteiger partial charge in [0.2, 0.25) is 0 Å². The molecule has 0 spiro atoms. The summed E-state index contributed by atoms with van der Waals surface area (Å²) in [5.41, 5.74) is 7.68. The van der Waals surface area contributed by atoms with E-state index in [4.69, 9.17) is 5.73 Å². The largest absolute Gasteiger partial charge is 0.397 e. The van der Waals surface area contributed by atoms with Gasteiger partial charge in [0.25, 0.3) is 0 Å². The Morgan fingerprint density at radius 2 is 2.22 bits per heavy atom. The average molecular weight is 245 g/mol. The number of aromatic nitrogens is 1. The number of aryl methyl sites for hydroxylation is 1. The zero-order valence-electron chi connectivity index (χ0n) is 11.3. The molecule has 0 saturated heterocycles. The van der Waals surface area contributed by atoms with Crippen molar-refractivity contribution in [1.29, 1.82) is 0 Å². The molecule has 0 aliphatic heterocycles. The lowest BCUT2D eigenvalue weighted by molar-refractivity contribution is 0.304. The Kier molecular flexibility index (Phi) is 2.92. The molecule has 18 heavy (non-hydrogen) atoms. The van der Waals surface area contributed by atoms with E-state index in [1.54, 1.807) is 6.20 Å². The van der Waals surface area contributed by atoms with Gasteiger partial charge in [-0.15, -0.1) is 0 Å². The van der Waals surface area contributed by atoms with Gasteiger partial charge in [-0.2, -0.15) is 0 Å². The number of nitrogens with one attached hydrogen (secondary N) is 1. The summed E-state index contributed by atoms with van der Waals surface area (Å²) in [6.45, 7) is 4.34. The highest BCUT2D eigenvalue weighted by Crippen LogP contribution is 2.49. The summed E-state index contributed by atoms with van der Waals surface area (Å²) in [6.07, 6.45) is 7.53. The molecule has 0 aromatic carbocycles. The molecule has 98 valence electrons. The first-order chi connectivity index (χ1) is 8.63. The smallest absolute Gasteiger partial charge is 0.126 e. The van der Waals surface area contributed by atoms with Crippen LogP contribution in [0.1, 0.15) is 38.2 Å². The van der Waals surface area contributed by atoms with Gasteiger partial charge in [-0.3, -0.25) is 0 Å². The van der Waals surface area contributed by atoms with Gasteiger partial charge in [0, 0.05) is 6.04 Å². The van der Waals surface area contributed by atoms with Crippen LogP contribution in [-0.4, -0.2) is 11.0 Å². The van der Waals surface area contributed by atoms with Crippen molar-refractivity contribution >= 4 is 11.5 Å². The molecule has 0 radical (unpaired) electrons. The van der Waals surface area contributed by atoms with E-state index in [0.29, 0.717) is 6.04 Å². The standard InChI is InChI=1S/C15H23N3/c1-9-5-15(17-8-14(9)16)18-10(2)13-7-11-3-4-12(13)6-11/h5,8,10-13H,3-4,6-7,16H2,1-2H3,(H,17,18). The maximum Gasteiger partial charge on any atom is 0.126 e. The number of rotatable bonds is 3. The third-order valence-corrected chi connectivity index (χ3v) is 4.96. The number of hydrogen-bond acceptors (Lipinski definition) is 3. The van der Waals surface area contributed by atoms with Gasteiger partial charge in [-0.05, 0) is 62.5 Å². The zero-order chi connectivity index (χ0) is 12.7. The number of nitrogens with zero attached hydrogens (tertiary/aromatic N) is 1. The predicted molar refractivity (Wildman–Crippen MR) is 75.4 cm³/mol. The Hall–Kier alpha value is -1.25. The van der Waals surface area contributed by atoms with E-state index < -0.39 is 0 Å². The van der Waals surface area contributed by atoms with Crippen LogP contribution in [0.5, 0.6) is 0 Å². The lowest BCUT2D eigenvalue weighted by Gasteiger charge is -2.29. The summed E-state index contributed by atoms with van der Waals surface area (Å²) in [7, 11) is 0. The van der Waals surface area contributed by atoms with Gasteiger partial charge in [0.15, 0.2) is 0 Å². The Balaban J connectivity index is 1.67. The van der Waals surface area contributed by atoms with Gasteiger partial charge >= 0.3 is 0 Å². The minimum Gasteiger partial charge on any atom is -0.397 e. The van der Waals surface area contributed by atoms with Crippen molar-refractivity contribution in [2.75, 3.05) is 11.1 Å². The molecule has 3 rings (SSSR count). The summed E-state index contributed by atoms with van der Waals surface area (Å²) >= 11 is 0. The number of anilines is 2. The second-order valence-electron chi connectivity index (χ2n) is 6.20. The van der Waals surface area contributed by atoms with Gasteiger partial charge in [-0.25, -0.2) is 4.98 Å². The first kappa shape index (κ1) is 11.8. The molecule has 1 heterocycles. The summed E-state index contributed by atoms with van der Waals surface area (Å²) in [4.78, 5) is 4.38. The van der Waals surface area contributed by atoms with Crippen molar-refractivity contribution in [2.45, 2.75) is 45.6 Å². The van der Waals surface area contributed by atoms with Crippen molar-refractivity contribution in [3.63, 3.8) is 0 Å². The maximum absolute atomic E-state index is 5.80. The highest BCUT2D eigenvalue weighted by atomic mass is 15.0. The number of pyridine rings is 1. The number of hydrogen-bond donors (Lipinski definition) is 2. The first-order valence-corrected chi connectivity index (χ1v) is 7.12. The summed E-state index contributed by atoms with van der Waals surface area (Å²) in [5, 5.41) is 3.57. The molecule has 3 heteroatoms. The lowest BCUT2D eigenvalue weighted by Crippen LogP contribution is -2.30. The SMILES string of the molecule is Cc1cc(NC(C)C2CC3CCC2C3)ncc1N. The number of nitrogens with two attached hydrogens (primary N) is 1. The van der Waals surface area contributed by atoms with Crippen LogP contribution in [0.4, 0.5) is 11.5 Å². The van der Waals surface area contributed by atoms with E-state index >= 15 is 0 Å². The monoisotopic (exact) mass is 245 g/mol. The van der Waals surface area contributed by atoms with E-state index in [-0.39, 0.29) is 0 Å². The second kappa shape index (κ2) is 4.45. The normalized spacial score (nSPS) is 31.6. The van der Waals surface area contributed by atoms with Crippen LogP contribution in [0.3, 0.4) is 0 Å². The first-order valence-electron chi connectivity index (χ1n) is 7.12. The minimum absolute atomic E-state index is 0.524. The fraction of sp³-hybridized carbons (Fsp3) is 0.667. The predicted octanol–water partition coefficient (Wildman–Crippen LogP) is 3.21. The topological polar surface area (TPSA) is 50.9 Å². The molecule has 4 atom stereocenters. The van der Waals surface area contributed by atoms with E-state index in [1.807, 2.05) is 6.92 Å². The minimum atomic E-state index is 0.524. The van der Waals surface area contributed by atoms with Gasteiger partial charge in [-0.1, -0.05) is 6.42 Å². The van der Waals surface area contributed by atoms with Crippen molar-refractivity contribution < 1.29 is 0 Å². The van der Waals surface area contributed by atoms with Crippen LogP contribution in [0.2, 0.25) is 0 Å². The van der Waals surface area contributed by atoms with Crippen molar-refractivity contribution in [2.24, 2.45) is 17.8 Å². The third kappa shape index (κ3) is 2.06. The van der Waals surface area contributed by atoms with Crippen LogP contribution in [-0.2, 0) is 0 Å². The number of fused-ring (bicyclic) bond motifs is 2. The molecule has 3 nitrogen and oxygen atoms in total. The van der Waals surface area contributed by atoms with Crippen LogP contribution in [0.15, 0.2) is 12.3 Å². The molecule has 2 bridgehead atoms. The third-order valence-electron chi connectivity index (χ3n) is 4.96. The van der Waals surface area contributed by atoms with Gasteiger partial charge in [0.1, 0.15) is 5.82 Å². The molecule has 2 saturated carbocycles. The second-order valence-corrected chi connectivity index (χ2v) is 6.20. The van der Waals surface area contributed by atoms with E-state index in [2.05, 4.69) is 23.3 Å². The summed E-state index contributed by atoms with van der Waals surface area (Å²) in [6, 6.07) is 2.58. The molecular weight excluding hydrogens is 222 g/mol. The van der Waals surface area contributed by atoms with Crippen LogP contribution in [0.25, 0.3) is 0 Å². The van der Waals surface area contributed by atoms with Gasteiger partial charge < -0.3 is 11.1 Å². The fourth-order valence-corrected chi connectivity index (χ4v) is 3.89. The highest BCUT2D eigenvalue weighted by Gasteiger charge is 2.41. The highest BCUT2D eigenvalue weighted by molar-refractivity contribution is 5.51. The van der Waals surface area contributed by atoms with Crippen molar-refractivity contribution in [3.8, 4) is 0 Å². The molecule has 3 N–H and O–H groups in total. The van der Waals surface area contributed by atoms with Gasteiger partial charge in [0.05, 0.1) is 11.9 Å². The van der Waals surface area contributed by atoms with Crippen molar-refractivity contribution in [1.82, 2.24) is 4.98 Å². The summed E-state index contributed by atoms with van der Waals surface area (Å²) < 4.78 is 0. The molecule has 2 aliphatic rings. The lowest BCUT2D eigenvalue weighted by atomic mass is 9.84. The molecule has 2 aliphatic carbocycles. The Morgan fingerprint density at radius 3 is 2.83 bits per heavy atom.